The quantitative estimate of drug-likeness (QED) is 0.836. The van der Waals surface area contributed by atoms with Crippen molar-refractivity contribution in [2.24, 2.45) is 17.8 Å². The number of hydrogen-bond donors (Lipinski definition) is 0. The molecule has 124 valence electrons. The monoisotopic (exact) mass is 313 g/mol. The van der Waals surface area contributed by atoms with E-state index in [1.165, 1.54) is 77.3 Å². The van der Waals surface area contributed by atoms with E-state index in [0.717, 1.165) is 29.5 Å². The maximum absolute atomic E-state index is 5.94. The van der Waals surface area contributed by atoms with Gasteiger partial charge in [-0.15, -0.1) is 0 Å². The fourth-order valence-electron chi connectivity index (χ4n) is 7.47. The Kier molecular flexibility index (Phi) is 2.55. The van der Waals surface area contributed by atoms with Gasteiger partial charge in [-0.1, -0.05) is 5.16 Å². The molecule has 1 aromatic rings. The second-order valence-electron chi connectivity index (χ2n) is 9.35. The SMILES string of the molecule is C1CN2CCCC2(c2nc(C34CC5CC(CC(C5)C3)C4)no2)C1. The maximum atomic E-state index is 5.94. The van der Waals surface area contributed by atoms with Crippen molar-refractivity contribution < 1.29 is 4.52 Å². The molecule has 1 aromatic heterocycles. The fourth-order valence-corrected chi connectivity index (χ4v) is 7.47. The van der Waals surface area contributed by atoms with Crippen LogP contribution in [0.2, 0.25) is 0 Å². The Bertz CT molecular complexity index is 591. The Morgan fingerprint density at radius 2 is 1.52 bits per heavy atom. The molecule has 0 radical (unpaired) electrons. The van der Waals surface area contributed by atoms with Crippen LogP contribution in [0.25, 0.3) is 0 Å². The number of hydrogen-bond acceptors (Lipinski definition) is 4. The molecule has 6 aliphatic rings. The summed E-state index contributed by atoms with van der Waals surface area (Å²) in [6.45, 7) is 2.43. The van der Waals surface area contributed by atoms with E-state index >= 15 is 0 Å². The average molecular weight is 313 g/mol. The lowest BCUT2D eigenvalue weighted by molar-refractivity contribution is -0.0103. The first kappa shape index (κ1) is 13.4. The molecule has 23 heavy (non-hydrogen) atoms. The van der Waals surface area contributed by atoms with Crippen molar-refractivity contribution in [2.45, 2.75) is 75.2 Å². The zero-order chi connectivity index (χ0) is 15.1. The Balaban J connectivity index is 1.38. The van der Waals surface area contributed by atoms with E-state index < -0.39 is 0 Å². The van der Waals surface area contributed by atoms with Gasteiger partial charge in [-0.2, -0.15) is 4.98 Å². The van der Waals surface area contributed by atoms with Crippen LogP contribution in [0.4, 0.5) is 0 Å². The summed E-state index contributed by atoms with van der Waals surface area (Å²) in [5.41, 5.74) is 0.378. The van der Waals surface area contributed by atoms with Gasteiger partial charge in [-0.05, 0) is 95.1 Å². The maximum Gasteiger partial charge on any atom is 0.247 e. The largest absolute Gasteiger partial charge is 0.337 e. The molecule has 0 amide bonds. The van der Waals surface area contributed by atoms with Crippen LogP contribution in [0.3, 0.4) is 0 Å². The highest BCUT2D eigenvalue weighted by molar-refractivity contribution is 5.19. The molecule has 2 saturated heterocycles. The summed E-state index contributed by atoms with van der Waals surface area (Å²) >= 11 is 0. The van der Waals surface area contributed by atoms with Crippen LogP contribution in [0.5, 0.6) is 0 Å². The van der Waals surface area contributed by atoms with Crippen molar-refractivity contribution in [2.75, 3.05) is 13.1 Å². The molecular weight excluding hydrogens is 286 g/mol. The average Bonchev–Trinajstić information content (AvgIpc) is 3.21. The summed E-state index contributed by atoms with van der Waals surface area (Å²) < 4.78 is 5.94. The molecule has 0 N–H and O–H groups in total. The van der Waals surface area contributed by atoms with Crippen molar-refractivity contribution in [1.82, 2.24) is 15.0 Å². The summed E-state index contributed by atoms with van der Waals surface area (Å²) in [6.07, 6.45) is 13.4. The first-order valence-corrected chi connectivity index (χ1v) is 9.86. The van der Waals surface area contributed by atoms with Crippen LogP contribution >= 0.6 is 0 Å². The van der Waals surface area contributed by atoms with Crippen molar-refractivity contribution >= 4 is 0 Å². The first-order chi connectivity index (χ1) is 11.3. The van der Waals surface area contributed by atoms with Gasteiger partial charge in [0.05, 0.1) is 0 Å². The smallest absolute Gasteiger partial charge is 0.247 e. The number of rotatable bonds is 2. The van der Waals surface area contributed by atoms with Crippen LogP contribution in [0.15, 0.2) is 4.52 Å². The molecule has 4 nitrogen and oxygen atoms in total. The lowest BCUT2D eigenvalue weighted by Gasteiger charge is -2.55. The van der Waals surface area contributed by atoms with Gasteiger partial charge in [0, 0.05) is 5.41 Å². The first-order valence-electron chi connectivity index (χ1n) is 9.86. The minimum Gasteiger partial charge on any atom is -0.337 e. The van der Waals surface area contributed by atoms with Crippen molar-refractivity contribution in [3.05, 3.63) is 11.7 Å². The molecule has 2 aliphatic heterocycles. The standard InChI is InChI=1S/C19H27N3O/c1-3-19(4-2-6-22(19)5-1)17-20-16(21-23-17)18-10-13-7-14(11-18)9-15(8-13)12-18/h13-15H,1-12H2. The highest BCUT2D eigenvalue weighted by Gasteiger charge is 2.55. The highest BCUT2D eigenvalue weighted by Crippen LogP contribution is 2.60. The Morgan fingerprint density at radius 3 is 2.13 bits per heavy atom. The number of nitrogens with zero attached hydrogens (tertiary/aromatic N) is 3. The highest BCUT2D eigenvalue weighted by atomic mass is 16.5. The van der Waals surface area contributed by atoms with Gasteiger partial charge in [0.15, 0.2) is 5.82 Å². The Hall–Kier alpha value is -0.900. The van der Waals surface area contributed by atoms with Gasteiger partial charge in [0.25, 0.3) is 0 Å². The van der Waals surface area contributed by atoms with E-state index in [1.54, 1.807) is 0 Å². The molecule has 7 rings (SSSR count). The molecule has 0 unspecified atom stereocenters. The molecule has 4 bridgehead atoms. The summed E-state index contributed by atoms with van der Waals surface area (Å²) in [5, 5.41) is 4.59. The predicted octanol–water partition coefficient (Wildman–Crippen LogP) is 3.62. The minimum atomic E-state index is 0.105. The Morgan fingerprint density at radius 1 is 0.913 bits per heavy atom. The summed E-state index contributed by atoms with van der Waals surface area (Å²) in [4.78, 5) is 7.71. The van der Waals surface area contributed by atoms with Crippen LogP contribution in [0, 0.1) is 17.8 Å². The lowest BCUT2D eigenvalue weighted by atomic mass is 9.49. The van der Waals surface area contributed by atoms with E-state index in [4.69, 9.17) is 9.51 Å². The molecule has 0 atom stereocenters. The van der Waals surface area contributed by atoms with Crippen molar-refractivity contribution in [1.29, 1.82) is 0 Å². The Labute approximate surface area is 138 Å². The number of aromatic nitrogens is 2. The number of fused-ring (bicyclic) bond motifs is 1. The van der Waals surface area contributed by atoms with Gasteiger partial charge in [-0.3, -0.25) is 4.90 Å². The van der Waals surface area contributed by atoms with Crippen molar-refractivity contribution in [3.8, 4) is 0 Å². The molecule has 0 aromatic carbocycles. The lowest BCUT2D eigenvalue weighted by Crippen LogP contribution is -2.49. The predicted molar refractivity (Wildman–Crippen MR) is 85.9 cm³/mol. The zero-order valence-electron chi connectivity index (χ0n) is 14.0. The second-order valence-corrected chi connectivity index (χ2v) is 9.35. The zero-order valence-corrected chi connectivity index (χ0v) is 14.0. The topological polar surface area (TPSA) is 42.2 Å². The fraction of sp³-hybridized carbons (Fsp3) is 0.895. The van der Waals surface area contributed by atoms with Gasteiger partial charge in [0.2, 0.25) is 5.89 Å². The van der Waals surface area contributed by atoms with Crippen LogP contribution in [-0.2, 0) is 11.0 Å². The third-order valence-corrected chi connectivity index (χ3v) is 7.98. The molecule has 6 fully saturated rings. The van der Waals surface area contributed by atoms with E-state index in [0.29, 0.717) is 0 Å². The molecule has 4 aliphatic carbocycles. The normalized spacial score (nSPS) is 44.1. The van der Waals surface area contributed by atoms with Crippen molar-refractivity contribution in [3.63, 3.8) is 0 Å². The van der Waals surface area contributed by atoms with Gasteiger partial charge in [-0.25, -0.2) is 0 Å². The molecular formula is C19H27N3O. The summed E-state index contributed by atoms with van der Waals surface area (Å²) in [7, 11) is 0. The van der Waals surface area contributed by atoms with E-state index in [-0.39, 0.29) is 11.0 Å². The molecule has 4 saturated carbocycles. The molecule has 4 heteroatoms. The van der Waals surface area contributed by atoms with Crippen LogP contribution < -0.4 is 0 Å². The molecule has 0 spiro atoms. The third-order valence-electron chi connectivity index (χ3n) is 7.98. The third kappa shape index (κ3) is 1.71. The van der Waals surface area contributed by atoms with Crippen LogP contribution in [-0.4, -0.2) is 28.1 Å². The van der Waals surface area contributed by atoms with Gasteiger partial charge in [0.1, 0.15) is 5.54 Å². The minimum absolute atomic E-state index is 0.105. The summed E-state index contributed by atoms with van der Waals surface area (Å²) in [6, 6.07) is 0. The second kappa shape index (κ2) is 4.38. The van der Waals surface area contributed by atoms with E-state index in [9.17, 15) is 0 Å². The van der Waals surface area contributed by atoms with Gasteiger partial charge >= 0.3 is 0 Å². The molecule has 3 heterocycles. The van der Waals surface area contributed by atoms with E-state index in [1.807, 2.05) is 0 Å². The van der Waals surface area contributed by atoms with Crippen LogP contribution in [0.1, 0.15) is 75.9 Å². The van der Waals surface area contributed by atoms with Gasteiger partial charge < -0.3 is 4.52 Å². The summed E-state index contributed by atoms with van der Waals surface area (Å²) in [5.74, 6) is 4.86. The van der Waals surface area contributed by atoms with E-state index in [2.05, 4.69) is 10.1 Å².